The first-order valence-corrected chi connectivity index (χ1v) is 8.26. The Balaban J connectivity index is 1.80. The predicted molar refractivity (Wildman–Crippen MR) is 88.1 cm³/mol. The molecular formula is C16H12F3N3O3S. The maximum Gasteiger partial charge on any atom is 0.443 e. The summed E-state index contributed by atoms with van der Waals surface area (Å²) >= 11 is 0.500. The number of hydrogen-bond acceptors (Lipinski definition) is 6. The molecule has 0 radical (unpaired) electrons. The fourth-order valence-electron chi connectivity index (χ4n) is 2.36. The lowest BCUT2D eigenvalue weighted by atomic mass is 10.1. The SMILES string of the molecule is O=C1C=C(Nc2cccc(-c3csc(C(F)(F)F)n3)c2)C(=O)N1CCO. The van der Waals surface area contributed by atoms with Gasteiger partial charge in [-0.25, -0.2) is 4.98 Å². The van der Waals surface area contributed by atoms with Crippen molar-refractivity contribution < 1.29 is 27.9 Å². The van der Waals surface area contributed by atoms with E-state index < -0.39 is 23.0 Å². The van der Waals surface area contributed by atoms with Crippen LogP contribution in [0.4, 0.5) is 18.9 Å². The lowest BCUT2D eigenvalue weighted by molar-refractivity contribution is -0.138. The highest BCUT2D eigenvalue weighted by Crippen LogP contribution is 2.34. The maximum atomic E-state index is 12.7. The molecule has 0 aliphatic carbocycles. The van der Waals surface area contributed by atoms with E-state index in [-0.39, 0.29) is 24.5 Å². The maximum absolute atomic E-state index is 12.7. The number of nitrogens with one attached hydrogen (secondary N) is 1. The smallest absolute Gasteiger partial charge is 0.395 e. The molecule has 0 unspecified atom stereocenters. The van der Waals surface area contributed by atoms with Gasteiger partial charge in [0.15, 0.2) is 5.01 Å². The van der Waals surface area contributed by atoms with Gasteiger partial charge in [-0.3, -0.25) is 14.5 Å². The van der Waals surface area contributed by atoms with Crippen LogP contribution in [-0.2, 0) is 15.8 Å². The molecule has 10 heteroatoms. The average Bonchev–Trinajstić information content (AvgIpc) is 3.17. The number of β-amino-alcohol motifs (C(OH)–C–C–N with tert-alkyl or cyclic N) is 1. The zero-order chi connectivity index (χ0) is 18.9. The number of alkyl halides is 3. The Morgan fingerprint density at radius 3 is 2.69 bits per heavy atom. The van der Waals surface area contributed by atoms with Crippen molar-refractivity contribution >= 4 is 28.8 Å². The van der Waals surface area contributed by atoms with Crippen molar-refractivity contribution in [3.05, 3.63) is 46.4 Å². The van der Waals surface area contributed by atoms with Gasteiger partial charge in [0.1, 0.15) is 5.70 Å². The summed E-state index contributed by atoms with van der Waals surface area (Å²) in [5, 5.41) is 12.0. The van der Waals surface area contributed by atoms with E-state index in [2.05, 4.69) is 10.3 Å². The molecule has 1 aliphatic heterocycles. The highest BCUT2D eigenvalue weighted by molar-refractivity contribution is 7.10. The standard InChI is InChI=1S/C16H12F3N3O3S/c17-16(18,19)15-21-12(8-26-15)9-2-1-3-10(6-9)20-11-7-13(24)22(4-5-23)14(11)25/h1-3,6-8,20,23H,4-5H2. The van der Waals surface area contributed by atoms with Crippen LogP contribution in [0, 0.1) is 0 Å². The van der Waals surface area contributed by atoms with E-state index in [1.807, 2.05) is 0 Å². The molecule has 3 rings (SSSR count). The quantitative estimate of drug-likeness (QED) is 0.776. The van der Waals surface area contributed by atoms with Gasteiger partial charge in [0.2, 0.25) is 0 Å². The van der Waals surface area contributed by atoms with E-state index in [1.165, 1.54) is 11.4 Å². The third-order valence-corrected chi connectivity index (χ3v) is 4.40. The lowest BCUT2D eigenvalue weighted by Crippen LogP contribution is -2.34. The minimum atomic E-state index is -4.50. The average molecular weight is 383 g/mol. The number of halogens is 3. The molecule has 26 heavy (non-hydrogen) atoms. The lowest BCUT2D eigenvalue weighted by Gasteiger charge is -2.13. The van der Waals surface area contributed by atoms with Crippen molar-refractivity contribution in [3.63, 3.8) is 0 Å². The minimum Gasteiger partial charge on any atom is -0.395 e. The second kappa shape index (κ2) is 6.89. The first-order valence-electron chi connectivity index (χ1n) is 7.38. The third kappa shape index (κ3) is 3.60. The number of aliphatic hydroxyl groups is 1. The summed E-state index contributed by atoms with van der Waals surface area (Å²) in [7, 11) is 0. The van der Waals surface area contributed by atoms with Gasteiger partial charge in [-0.15, -0.1) is 11.3 Å². The first kappa shape index (κ1) is 18.1. The molecule has 2 aromatic rings. The molecular weight excluding hydrogens is 371 g/mol. The molecule has 2 N–H and O–H groups in total. The highest BCUT2D eigenvalue weighted by Gasteiger charge is 2.34. The van der Waals surface area contributed by atoms with Crippen molar-refractivity contribution in [2.75, 3.05) is 18.5 Å². The van der Waals surface area contributed by atoms with E-state index in [1.54, 1.807) is 18.2 Å². The molecule has 0 bridgehead atoms. The second-order valence-corrected chi connectivity index (χ2v) is 6.18. The zero-order valence-electron chi connectivity index (χ0n) is 13.1. The Hall–Kier alpha value is -2.72. The number of thiazole rings is 1. The predicted octanol–water partition coefficient (Wildman–Crippen LogP) is 2.49. The number of nitrogens with zero attached hydrogens (tertiary/aromatic N) is 2. The van der Waals surface area contributed by atoms with Crippen LogP contribution in [0.15, 0.2) is 41.4 Å². The second-order valence-electron chi connectivity index (χ2n) is 5.32. The number of aliphatic hydroxyl groups excluding tert-OH is 1. The molecule has 0 fully saturated rings. The van der Waals surface area contributed by atoms with Crippen LogP contribution in [0.3, 0.4) is 0 Å². The molecule has 6 nitrogen and oxygen atoms in total. The number of imide groups is 1. The van der Waals surface area contributed by atoms with Crippen molar-refractivity contribution in [2.45, 2.75) is 6.18 Å². The number of hydrogen-bond donors (Lipinski definition) is 2. The van der Waals surface area contributed by atoms with E-state index in [9.17, 15) is 22.8 Å². The van der Waals surface area contributed by atoms with Gasteiger partial charge in [-0.2, -0.15) is 13.2 Å². The van der Waals surface area contributed by atoms with Crippen LogP contribution in [0.2, 0.25) is 0 Å². The Labute approximate surface area is 149 Å². The molecule has 2 amide bonds. The van der Waals surface area contributed by atoms with E-state index in [0.717, 1.165) is 11.0 Å². The number of anilines is 1. The molecule has 136 valence electrons. The van der Waals surface area contributed by atoms with E-state index in [4.69, 9.17) is 5.11 Å². The summed E-state index contributed by atoms with van der Waals surface area (Å²) in [6.07, 6.45) is -3.40. The molecule has 0 saturated heterocycles. The van der Waals surface area contributed by atoms with E-state index >= 15 is 0 Å². The van der Waals surface area contributed by atoms with Crippen LogP contribution >= 0.6 is 11.3 Å². The fourth-order valence-corrected chi connectivity index (χ4v) is 3.05. The molecule has 1 aliphatic rings. The molecule has 1 aromatic heterocycles. The molecule has 2 heterocycles. The summed E-state index contributed by atoms with van der Waals surface area (Å²) < 4.78 is 38.0. The monoisotopic (exact) mass is 383 g/mol. The highest BCUT2D eigenvalue weighted by atomic mass is 32.1. The Kier molecular flexibility index (Phi) is 4.79. The van der Waals surface area contributed by atoms with Crippen molar-refractivity contribution in [2.24, 2.45) is 0 Å². The summed E-state index contributed by atoms with van der Waals surface area (Å²) in [5.74, 6) is -1.13. The number of benzene rings is 1. The summed E-state index contributed by atoms with van der Waals surface area (Å²) in [6.45, 7) is -0.460. The van der Waals surface area contributed by atoms with E-state index in [0.29, 0.717) is 22.6 Å². The molecule has 1 aromatic carbocycles. The zero-order valence-corrected chi connectivity index (χ0v) is 13.9. The van der Waals surface area contributed by atoms with Gasteiger partial charge in [-0.1, -0.05) is 12.1 Å². The Bertz CT molecular complexity index is 892. The third-order valence-electron chi connectivity index (χ3n) is 3.52. The summed E-state index contributed by atoms with van der Waals surface area (Å²) in [4.78, 5) is 28.3. The normalized spacial score (nSPS) is 14.8. The Morgan fingerprint density at radius 1 is 1.27 bits per heavy atom. The van der Waals surface area contributed by atoms with Crippen LogP contribution in [0.1, 0.15) is 5.01 Å². The van der Waals surface area contributed by atoms with Gasteiger partial charge in [0.05, 0.1) is 18.8 Å². The van der Waals surface area contributed by atoms with Crippen LogP contribution in [0.25, 0.3) is 11.3 Å². The number of carbonyl (C=O) groups is 2. The largest absolute Gasteiger partial charge is 0.443 e. The molecule has 0 saturated carbocycles. The summed E-state index contributed by atoms with van der Waals surface area (Å²) in [6, 6.07) is 6.32. The van der Waals surface area contributed by atoms with Gasteiger partial charge < -0.3 is 10.4 Å². The van der Waals surface area contributed by atoms with Gasteiger partial charge in [-0.05, 0) is 12.1 Å². The number of aromatic nitrogens is 1. The molecule has 0 atom stereocenters. The van der Waals surface area contributed by atoms with Crippen molar-refractivity contribution in [1.82, 2.24) is 9.88 Å². The first-order chi connectivity index (χ1) is 12.3. The number of amides is 2. The van der Waals surface area contributed by atoms with Crippen LogP contribution < -0.4 is 5.32 Å². The van der Waals surface area contributed by atoms with Crippen molar-refractivity contribution in [3.8, 4) is 11.3 Å². The number of rotatable bonds is 5. The topological polar surface area (TPSA) is 82.5 Å². The number of carbonyl (C=O) groups excluding carboxylic acids is 2. The van der Waals surface area contributed by atoms with Crippen molar-refractivity contribution in [1.29, 1.82) is 0 Å². The van der Waals surface area contributed by atoms with Gasteiger partial charge in [0.25, 0.3) is 11.8 Å². The Morgan fingerprint density at radius 2 is 2.04 bits per heavy atom. The van der Waals surface area contributed by atoms with Gasteiger partial charge in [0, 0.05) is 22.7 Å². The van der Waals surface area contributed by atoms with Gasteiger partial charge >= 0.3 is 6.18 Å². The fraction of sp³-hybridized carbons (Fsp3) is 0.188. The molecule has 0 spiro atoms. The minimum absolute atomic E-state index is 0.0230. The van der Waals surface area contributed by atoms with Crippen LogP contribution in [0.5, 0.6) is 0 Å². The summed E-state index contributed by atoms with van der Waals surface area (Å²) in [5.41, 5.74) is 1.04. The van der Waals surface area contributed by atoms with Crippen LogP contribution in [-0.4, -0.2) is 40.0 Å².